The summed E-state index contributed by atoms with van der Waals surface area (Å²) < 4.78 is 5.92. The van der Waals surface area contributed by atoms with E-state index in [0.717, 1.165) is 5.76 Å². The van der Waals surface area contributed by atoms with E-state index in [-0.39, 0.29) is 17.7 Å². The van der Waals surface area contributed by atoms with Crippen LogP contribution in [0.5, 0.6) is 0 Å². The van der Waals surface area contributed by atoms with Crippen molar-refractivity contribution in [2.45, 2.75) is 10.9 Å². The fraction of sp³-hybridized carbons (Fsp3) is 0.125. The third-order valence-electron chi connectivity index (χ3n) is 3.60. The molecule has 0 saturated carbocycles. The standard InChI is InChI=1S/C16H12N4O3S2/c21-13-11-5-1-2-6-12(11)14(22)20(13)9-24-16-19-18-15(25-16)17-8-10-4-3-7-23-10/h1-7H,8-9H2,(H,17,18). The summed E-state index contributed by atoms with van der Waals surface area (Å²) in [5, 5.41) is 11.9. The molecule has 126 valence electrons. The molecule has 0 atom stereocenters. The van der Waals surface area contributed by atoms with Crippen molar-refractivity contribution in [2.24, 2.45) is 0 Å². The summed E-state index contributed by atoms with van der Waals surface area (Å²) in [5.41, 5.74) is 0.900. The van der Waals surface area contributed by atoms with Crippen molar-refractivity contribution in [3.8, 4) is 0 Å². The maximum absolute atomic E-state index is 12.3. The predicted molar refractivity (Wildman–Crippen MR) is 93.6 cm³/mol. The lowest BCUT2D eigenvalue weighted by atomic mass is 10.1. The minimum Gasteiger partial charge on any atom is -0.467 e. The van der Waals surface area contributed by atoms with Crippen LogP contribution in [-0.2, 0) is 6.54 Å². The number of nitrogens with zero attached hydrogens (tertiary/aromatic N) is 3. The van der Waals surface area contributed by atoms with Crippen LogP contribution in [0.2, 0.25) is 0 Å². The number of imide groups is 1. The molecular formula is C16H12N4O3S2. The van der Waals surface area contributed by atoms with Crippen LogP contribution in [0.4, 0.5) is 5.13 Å². The van der Waals surface area contributed by atoms with E-state index in [9.17, 15) is 9.59 Å². The molecule has 4 rings (SSSR count). The predicted octanol–water partition coefficient (Wildman–Crippen LogP) is 3.09. The molecule has 0 fully saturated rings. The molecule has 0 aliphatic carbocycles. The van der Waals surface area contributed by atoms with Gasteiger partial charge in [-0.3, -0.25) is 14.5 Å². The Labute approximate surface area is 151 Å². The zero-order valence-electron chi connectivity index (χ0n) is 12.8. The second-order valence-corrected chi connectivity index (χ2v) is 7.33. The Morgan fingerprint density at radius 1 is 1.08 bits per heavy atom. The van der Waals surface area contributed by atoms with Crippen molar-refractivity contribution in [3.63, 3.8) is 0 Å². The van der Waals surface area contributed by atoms with Gasteiger partial charge in [-0.2, -0.15) is 0 Å². The zero-order chi connectivity index (χ0) is 17.2. The molecule has 0 saturated heterocycles. The molecule has 3 aromatic rings. The average molecular weight is 372 g/mol. The molecule has 1 N–H and O–H groups in total. The van der Waals surface area contributed by atoms with Gasteiger partial charge < -0.3 is 9.73 Å². The summed E-state index contributed by atoms with van der Waals surface area (Å²) in [4.78, 5) is 25.8. The minimum absolute atomic E-state index is 0.208. The number of carbonyl (C=O) groups is 2. The monoisotopic (exact) mass is 372 g/mol. The Morgan fingerprint density at radius 3 is 2.52 bits per heavy atom. The van der Waals surface area contributed by atoms with Crippen molar-refractivity contribution in [3.05, 3.63) is 59.5 Å². The van der Waals surface area contributed by atoms with Crippen LogP contribution in [0, 0.1) is 0 Å². The zero-order valence-corrected chi connectivity index (χ0v) is 14.5. The number of nitrogens with one attached hydrogen (secondary N) is 1. The summed E-state index contributed by atoms with van der Waals surface area (Å²) in [6.07, 6.45) is 1.61. The van der Waals surface area contributed by atoms with Gasteiger partial charge in [0.25, 0.3) is 11.8 Å². The third-order valence-corrected chi connectivity index (χ3v) is 5.59. The second kappa shape index (κ2) is 6.69. The molecule has 0 bridgehead atoms. The van der Waals surface area contributed by atoms with E-state index in [1.165, 1.54) is 28.0 Å². The van der Waals surface area contributed by atoms with Crippen molar-refractivity contribution in [1.82, 2.24) is 15.1 Å². The van der Waals surface area contributed by atoms with Gasteiger partial charge in [0.1, 0.15) is 5.76 Å². The highest BCUT2D eigenvalue weighted by molar-refractivity contribution is 8.01. The first-order valence-corrected chi connectivity index (χ1v) is 9.20. The molecule has 0 spiro atoms. The first-order chi connectivity index (χ1) is 12.2. The van der Waals surface area contributed by atoms with E-state index in [0.29, 0.717) is 27.1 Å². The van der Waals surface area contributed by atoms with Crippen LogP contribution in [0.25, 0.3) is 0 Å². The highest BCUT2D eigenvalue weighted by Crippen LogP contribution is 2.30. The number of fused-ring (bicyclic) bond motifs is 1. The van der Waals surface area contributed by atoms with Gasteiger partial charge in [-0.1, -0.05) is 35.2 Å². The molecule has 1 aromatic carbocycles. The quantitative estimate of drug-likeness (QED) is 0.525. The highest BCUT2D eigenvalue weighted by Gasteiger charge is 2.35. The fourth-order valence-electron chi connectivity index (χ4n) is 2.39. The van der Waals surface area contributed by atoms with E-state index >= 15 is 0 Å². The van der Waals surface area contributed by atoms with Gasteiger partial charge in [-0.05, 0) is 24.3 Å². The van der Waals surface area contributed by atoms with Gasteiger partial charge >= 0.3 is 0 Å². The molecule has 0 radical (unpaired) electrons. The van der Waals surface area contributed by atoms with E-state index in [1.54, 1.807) is 30.5 Å². The van der Waals surface area contributed by atoms with Crippen molar-refractivity contribution in [2.75, 3.05) is 11.2 Å². The van der Waals surface area contributed by atoms with E-state index in [1.807, 2.05) is 12.1 Å². The Bertz CT molecular complexity index is 888. The Kier molecular flexibility index (Phi) is 4.24. The number of thioether (sulfide) groups is 1. The smallest absolute Gasteiger partial charge is 0.262 e. The summed E-state index contributed by atoms with van der Waals surface area (Å²) in [5.74, 6) is 0.470. The topological polar surface area (TPSA) is 88.3 Å². The Hall–Kier alpha value is -2.65. The van der Waals surface area contributed by atoms with Gasteiger partial charge in [-0.15, -0.1) is 10.2 Å². The molecule has 2 aromatic heterocycles. The maximum atomic E-state index is 12.3. The number of hydrogen-bond donors (Lipinski definition) is 1. The van der Waals surface area contributed by atoms with Crippen LogP contribution in [-0.4, -0.2) is 32.8 Å². The van der Waals surface area contributed by atoms with Gasteiger partial charge in [0.2, 0.25) is 5.13 Å². The van der Waals surface area contributed by atoms with Crippen LogP contribution in [0.1, 0.15) is 26.5 Å². The van der Waals surface area contributed by atoms with Crippen molar-refractivity contribution >= 4 is 40.0 Å². The third kappa shape index (κ3) is 3.15. The number of aromatic nitrogens is 2. The SMILES string of the molecule is O=C1c2ccccc2C(=O)N1CSc1nnc(NCc2ccco2)s1. The molecule has 7 nitrogen and oxygen atoms in total. The largest absolute Gasteiger partial charge is 0.467 e. The van der Waals surface area contributed by atoms with Gasteiger partial charge in [0.15, 0.2) is 4.34 Å². The molecular weight excluding hydrogens is 360 g/mol. The lowest BCUT2D eigenvalue weighted by molar-refractivity contribution is 0.0684. The van der Waals surface area contributed by atoms with Gasteiger partial charge in [0.05, 0.1) is 29.8 Å². The molecule has 25 heavy (non-hydrogen) atoms. The molecule has 2 amide bonds. The average Bonchev–Trinajstić information content (AvgIpc) is 3.35. The second-order valence-electron chi connectivity index (χ2n) is 5.16. The summed E-state index contributed by atoms with van der Waals surface area (Å²) in [6.45, 7) is 0.519. The number of benzene rings is 1. The van der Waals surface area contributed by atoms with E-state index in [4.69, 9.17) is 4.42 Å². The molecule has 1 aliphatic rings. The van der Waals surface area contributed by atoms with Crippen molar-refractivity contribution < 1.29 is 14.0 Å². The first kappa shape index (κ1) is 15.9. The van der Waals surface area contributed by atoms with E-state index < -0.39 is 0 Å². The summed E-state index contributed by atoms with van der Waals surface area (Å²) >= 11 is 2.67. The molecule has 0 unspecified atom stereocenters. The molecule has 9 heteroatoms. The van der Waals surface area contributed by atoms with Crippen LogP contribution in [0.15, 0.2) is 51.4 Å². The van der Waals surface area contributed by atoms with Crippen molar-refractivity contribution in [1.29, 1.82) is 0 Å². The van der Waals surface area contributed by atoms with Crippen LogP contribution < -0.4 is 5.32 Å². The van der Waals surface area contributed by atoms with E-state index in [2.05, 4.69) is 15.5 Å². The maximum Gasteiger partial charge on any atom is 0.262 e. The highest BCUT2D eigenvalue weighted by atomic mass is 32.2. The normalized spacial score (nSPS) is 13.4. The van der Waals surface area contributed by atoms with Crippen LogP contribution >= 0.6 is 23.1 Å². The lowest BCUT2D eigenvalue weighted by Crippen LogP contribution is -2.29. The number of amides is 2. The Morgan fingerprint density at radius 2 is 1.84 bits per heavy atom. The molecule has 1 aliphatic heterocycles. The molecule has 3 heterocycles. The lowest BCUT2D eigenvalue weighted by Gasteiger charge is -2.11. The Balaban J connectivity index is 1.36. The number of anilines is 1. The van der Waals surface area contributed by atoms with Gasteiger partial charge in [0, 0.05) is 0 Å². The van der Waals surface area contributed by atoms with Gasteiger partial charge in [-0.25, -0.2) is 0 Å². The number of rotatable bonds is 6. The summed E-state index contributed by atoms with van der Waals surface area (Å²) in [7, 11) is 0. The summed E-state index contributed by atoms with van der Waals surface area (Å²) in [6, 6.07) is 10.5. The minimum atomic E-state index is -0.270. The fourth-order valence-corrected chi connectivity index (χ4v) is 4.07. The first-order valence-electron chi connectivity index (χ1n) is 7.40. The van der Waals surface area contributed by atoms with Crippen LogP contribution in [0.3, 0.4) is 0 Å². The number of carbonyl (C=O) groups excluding carboxylic acids is 2. The number of furan rings is 1. The number of hydrogen-bond acceptors (Lipinski definition) is 8.